The topological polar surface area (TPSA) is 6.48 Å². The van der Waals surface area contributed by atoms with Gasteiger partial charge in [-0.05, 0) is 48.6 Å². The zero-order chi connectivity index (χ0) is 23.7. The zero-order valence-electron chi connectivity index (χ0n) is 23.1. The quantitative estimate of drug-likeness (QED) is 0.356. The van der Waals surface area contributed by atoms with E-state index in [4.69, 9.17) is 0 Å². The van der Waals surface area contributed by atoms with E-state index < -0.39 is 0 Å². The van der Waals surface area contributed by atoms with Crippen LogP contribution in [0.2, 0.25) is 0 Å². The fourth-order valence-electron chi connectivity index (χ4n) is 4.83. The molecule has 2 nitrogen and oxygen atoms in total. The number of hydrogen-bond acceptors (Lipinski definition) is 2. The van der Waals surface area contributed by atoms with Crippen molar-refractivity contribution < 1.29 is 0 Å². The highest BCUT2D eigenvalue weighted by atomic mass is 15.1. The van der Waals surface area contributed by atoms with E-state index in [1.165, 1.54) is 25.9 Å². The summed E-state index contributed by atoms with van der Waals surface area (Å²) >= 11 is 0. The molecule has 0 aliphatic carbocycles. The average molecular weight is 435 g/mol. The molecule has 0 aromatic rings. The molecule has 2 heterocycles. The first kappa shape index (κ1) is 30.4. The number of hydrogen-bond donors (Lipinski definition) is 0. The molecule has 0 spiro atoms. The van der Waals surface area contributed by atoms with Crippen LogP contribution < -0.4 is 0 Å². The van der Waals surface area contributed by atoms with Crippen molar-refractivity contribution in [3.63, 3.8) is 0 Å². The van der Waals surface area contributed by atoms with Crippen LogP contribution in [0.5, 0.6) is 0 Å². The number of likely N-dealkylation sites (N-methyl/N-ethyl adjacent to an activating group) is 2. The molecule has 0 saturated carbocycles. The van der Waals surface area contributed by atoms with Crippen molar-refractivity contribution in [1.29, 1.82) is 0 Å². The molecule has 0 aromatic carbocycles. The van der Waals surface area contributed by atoms with Gasteiger partial charge in [-0.3, -0.25) is 0 Å². The van der Waals surface area contributed by atoms with Crippen molar-refractivity contribution in [2.45, 2.75) is 103 Å². The molecule has 2 rings (SSSR count). The average Bonchev–Trinajstić information content (AvgIpc) is 2.51. The van der Waals surface area contributed by atoms with Crippen molar-refractivity contribution in [3.8, 4) is 0 Å². The minimum absolute atomic E-state index is 0. The van der Waals surface area contributed by atoms with Gasteiger partial charge in [-0.2, -0.15) is 0 Å². The number of nitrogens with zero attached hydrogens (tertiary/aromatic N) is 2. The molecule has 0 fully saturated rings. The van der Waals surface area contributed by atoms with E-state index in [1.807, 2.05) is 0 Å². The Kier molecular flexibility index (Phi) is 10.3. The smallest absolute Gasteiger partial charge is 0.0198 e. The molecule has 0 amide bonds. The lowest BCUT2D eigenvalue weighted by atomic mass is 9.72. The predicted molar refractivity (Wildman–Crippen MR) is 143 cm³/mol. The second-order valence-electron chi connectivity index (χ2n) is 13.9. The summed E-state index contributed by atoms with van der Waals surface area (Å²) in [6, 6.07) is 0. The standard InChI is InChI=1S/2C14H27N.CH4/c2*1-13(2,3)11-8-9-15(7)10-12(11)14(4,5)6;/h2*8-10H2,1-7H3;1H4. The Bertz CT molecular complexity index is 578. The van der Waals surface area contributed by atoms with Gasteiger partial charge in [0.15, 0.2) is 0 Å². The van der Waals surface area contributed by atoms with Gasteiger partial charge < -0.3 is 9.80 Å². The van der Waals surface area contributed by atoms with Crippen molar-refractivity contribution in [1.82, 2.24) is 9.80 Å². The molecular weight excluding hydrogens is 376 g/mol. The molecule has 0 unspecified atom stereocenters. The SMILES string of the molecule is C.CN1CCC(C(C)(C)C)=C(C(C)(C)C)C1.CN1CCC(C(C)(C)C)=C(C(C)(C)C)C1. The number of rotatable bonds is 0. The summed E-state index contributed by atoms with van der Waals surface area (Å²) in [6.45, 7) is 32.8. The van der Waals surface area contributed by atoms with Crippen LogP contribution in [-0.2, 0) is 0 Å². The molecule has 0 aromatic heterocycles. The van der Waals surface area contributed by atoms with Crippen LogP contribution in [0.1, 0.15) is 103 Å². The Morgan fingerprint density at radius 1 is 0.452 bits per heavy atom. The zero-order valence-corrected chi connectivity index (χ0v) is 23.1. The van der Waals surface area contributed by atoms with Crippen LogP contribution >= 0.6 is 0 Å². The van der Waals surface area contributed by atoms with Gasteiger partial charge in [0.1, 0.15) is 0 Å². The monoisotopic (exact) mass is 434 g/mol. The Labute approximate surface area is 197 Å². The highest BCUT2D eigenvalue weighted by Gasteiger charge is 2.32. The lowest BCUT2D eigenvalue weighted by Crippen LogP contribution is -2.35. The fraction of sp³-hybridized carbons (Fsp3) is 0.862. The fourth-order valence-corrected chi connectivity index (χ4v) is 4.83. The molecule has 0 bridgehead atoms. The van der Waals surface area contributed by atoms with Crippen molar-refractivity contribution >= 4 is 0 Å². The highest BCUT2D eigenvalue weighted by Crippen LogP contribution is 2.41. The third-order valence-electron chi connectivity index (χ3n) is 6.69. The van der Waals surface area contributed by atoms with Gasteiger partial charge in [0.25, 0.3) is 0 Å². The van der Waals surface area contributed by atoms with E-state index in [2.05, 4.69) is 107 Å². The molecule has 0 N–H and O–H groups in total. The lowest BCUT2D eigenvalue weighted by molar-refractivity contribution is 0.284. The van der Waals surface area contributed by atoms with Crippen molar-refractivity contribution in [2.24, 2.45) is 21.7 Å². The summed E-state index contributed by atoms with van der Waals surface area (Å²) in [5, 5.41) is 0. The molecule has 2 aliphatic heterocycles. The van der Waals surface area contributed by atoms with Gasteiger partial charge in [0.2, 0.25) is 0 Å². The van der Waals surface area contributed by atoms with E-state index in [1.54, 1.807) is 22.3 Å². The normalized spacial score (nSPS) is 20.3. The molecule has 0 radical (unpaired) electrons. The Morgan fingerprint density at radius 3 is 0.871 bits per heavy atom. The van der Waals surface area contributed by atoms with Crippen LogP contribution in [0.3, 0.4) is 0 Å². The van der Waals surface area contributed by atoms with E-state index >= 15 is 0 Å². The Balaban J connectivity index is 0.000000562. The third-order valence-corrected chi connectivity index (χ3v) is 6.69. The molecule has 2 aliphatic rings. The molecular formula is C29H58N2. The first-order valence-electron chi connectivity index (χ1n) is 12.1. The molecule has 31 heavy (non-hydrogen) atoms. The van der Waals surface area contributed by atoms with Crippen LogP contribution in [0.15, 0.2) is 22.3 Å². The van der Waals surface area contributed by atoms with Crippen molar-refractivity contribution in [2.75, 3.05) is 40.3 Å². The minimum atomic E-state index is 0. The lowest BCUT2D eigenvalue weighted by Gasteiger charge is -2.40. The van der Waals surface area contributed by atoms with E-state index in [0.29, 0.717) is 21.7 Å². The minimum Gasteiger partial charge on any atom is -0.302 e. The van der Waals surface area contributed by atoms with Gasteiger partial charge in [0, 0.05) is 26.2 Å². The first-order valence-corrected chi connectivity index (χ1v) is 12.1. The first-order chi connectivity index (χ1) is 13.2. The van der Waals surface area contributed by atoms with E-state index in [0.717, 1.165) is 13.1 Å². The maximum absolute atomic E-state index is 2.44. The third kappa shape index (κ3) is 9.04. The molecule has 2 heteroatoms. The van der Waals surface area contributed by atoms with Crippen LogP contribution in [0.25, 0.3) is 0 Å². The largest absolute Gasteiger partial charge is 0.302 e. The second kappa shape index (κ2) is 10.6. The summed E-state index contributed by atoms with van der Waals surface area (Å²) < 4.78 is 0. The van der Waals surface area contributed by atoms with Gasteiger partial charge in [-0.25, -0.2) is 0 Å². The maximum atomic E-state index is 2.44. The molecule has 184 valence electrons. The van der Waals surface area contributed by atoms with Gasteiger partial charge in [0.05, 0.1) is 0 Å². The predicted octanol–water partition coefficient (Wildman–Crippen LogP) is 8.06. The molecule has 0 atom stereocenters. The summed E-state index contributed by atoms with van der Waals surface area (Å²) in [6.07, 6.45) is 2.49. The van der Waals surface area contributed by atoms with Gasteiger partial charge in [-0.1, -0.05) is 113 Å². The van der Waals surface area contributed by atoms with Crippen LogP contribution in [-0.4, -0.2) is 50.1 Å². The Morgan fingerprint density at radius 2 is 0.677 bits per heavy atom. The van der Waals surface area contributed by atoms with E-state index in [9.17, 15) is 0 Å². The maximum Gasteiger partial charge on any atom is 0.0198 e. The molecule has 0 saturated heterocycles. The van der Waals surface area contributed by atoms with Crippen molar-refractivity contribution in [3.05, 3.63) is 22.3 Å². The van der Waals surface area contributed by atoms with E-state index in [-0.39, 0.29) is 7.43 Å². The summed E-state index contributed by atoms with van der Waals surface area (Å²) in [5.41, 5.74) is 8.00. The Hall–Kier alpha value is -0.600. The summed E-state index contributed by atoms with van der Waals surface area (Å²) in [7, 11) is 4.45. The van der Waals surface area contributed by atoms with Crippen LogP contribution in [0.4, 0.5) is 0 Å². The van der Waals surface area contributed by atoms with Crippen LogP contribution in [0, 0.1) is 21.7 Å². The second-order valence-corrected chi connectivity index (χ2v) is 13.9. The summed E-state index contributed by atoms with van der Waals surface area (Å²) in [5.74, 6) is 0. The van der Waals surface area contributed by atoms with Gasteiger partial charge in [-0.15, -0.1) is 0 Å². The van der Waals surface area contributed by atoms with Gasteiger partial charge >= 0.3 is 0 Å². The summed E-state index contributed by atoms with van der Waals surface area (Å²) in [4.78, 5) is 4.88. The highest BCUT2D eigenvalue weighted by molar-refractivity contribution is 5.29.